The van der Waals surface area contributed by atoms with Gasteiger partial charge >= 0.3 is 0 Å². The Morgan fingerprint density at radius 3 is 2.80 bits per heavy atom. The highest BCUT2D eigenvalue weighted by Crippen LogP contribution is 2.24. The largest absolute Gasteiger partial charge is 0.379 e. The zero-order valence-electron chi connectivity index (χ0n) is 13.3. The van der Waals surface area contributed by atoms with Crippen LogP contribution in [0.2, 0.25) is 0 Å². The van der Waals surface area contributed by atoms with Gasteiger partial charge in [0.25, 0.3) is 0 Å². The molecule has 112 valence electrons. The monoisotopic (exact) mass is 276 g/mol. The fourth-order valence-electron chi connectivity index (χ4n) is 2.87. The van der Waals surface area contributed by atoms with E-state index in [1.165, 1.54) is 32.4 Å². The molecule has 2 heterocycles. The minimum atomic E-state index is 0.557. The topological polar surface area (TPSA) is 31.4 Å². The van der Waals surface area contributed by atoms with Gasteiger partial charge in [-0.3, -0.25) is 0 Å². The van der Waals surface area contributed by atoms with Crippen molar-refractivity contribution >= 4 is 11.5 Å². The van der Waals surface area contributed by atoms with Gasteiger partial charge in [-0.25, -0.2) is 4.98 Å². The first-order valence-corrected chi connectivity index (χ1v) is 7.71. The van der Waals surface area contributed by atoms with Crippen molar-refractivity contribution < 1.29 is 0 Å². The fourth-order valence-corrected chi connectivity index (χ4v) is 2.87. The Labute approximate surface area is 123 Å². The first-order valence-electron chi connectivity index (χ1n) is 7.71. The summed E-state index contributed by atoms with van der Waals surface area (Å²) in [6, 6.07) is 5.35. The molecule has 1 N–H and O–H groups in total. The fraction of sp³-hybridized carbons (Fsp3) is 0.688. The molecule has 1 aliphatic heterocycles. The molecule has 0 amide bonds. The van der Waals surface area contributed by atoms with Gasteiger partial charge in [0.1, 0.15) is 0 Å². The molecular formula is C16H28N4. The van der Waals surface area contributed by atoms with Crippen molar-refractivity contribution in [1.82, 2.24) is 9.88 Å². The number of nitrogens with zero attached hydrogens (tertiary/aromatic N) is 3. The van der Waals surface area contributed by atoms with Crippen molar-refractivity contribution in [2.75, 3.05) is 37.4 Å². The van der Waals surface area contributed by atoms with E-state index in [0.29, 0.717) is 12.1 Å². The normalized spacial score (nSPS) is 20.8. The van der Waals surface area contributed by atoms with Gasteiger partial charge in [-0.1, -0.05) is 0 Å². The maximum absolute atomic E-state index is 4.46. The molecular weight excluding hydrogens is 248 g/mol. The first kappa shape index (κ1) is 15.1. The third kappa shape index (κ3) is 3.85. The van der Waals surface area contributed by atoms with Gasteiger partial charge in [-0.2, -0.15) is 0 Å². The summed E-state index contributed by atoms with van der Waals surface area (Å²) in [7, 11) is 4.09. The van der Waals surface area contributed by atoms with E-state index in [0.717, 1.165) is 11.5 Å². The van der Waals surface area contributed by atoms with Crippen LogP contribution in [0.25, 0.3) is 0 Å². The molecule has 1 aromatic rings. The lowest BCUT2D eigenvalue weighted by Crippen LogP contribution is -2.32. The zero-order valence-corrected chi connectivity index (χ0v) is 13.3. The van der Waals surface area contributed by atoms with Crippen LogP contribution in [0.3, 0.4) is 0 Å². The van der Waals surface area contributed by atoms with Crippen LogP contribution in [0.5, 0.6) is 0 Å². The van der Waals surface area contributed by atoms with Crippen molar-refractivity contribution in [3.63, 3.8) is 0 Å². The molecule has 0 saturated carbocycles. The molecule has 2 rings (SSSR count). The number of hydrogen-bond donors (Lipinski definition) is 1. The maximum Gasteiger partial charge on any atom is 0.151 e. The zero-order chi connectivity index (χ0) is 14.5. The molecule has 1 fully saturated rings. The lowest BCUT2D eigenvalue weighted by atomic mass is 10.1. The SMILES string of the molecule is CC(C)N1CCCC(Nc2cccnc2N(C)C)CC1. The average molecular weight is 276 g/mol. The summed E-state index contributed by atoms with van der Waals surface area (Å²) in [5.74, 6) is 1.03. The Kier molecular flexibility index (Phi) is 5.24. The number of aromatic nitrogens is 1. The second-order valence-electron chi connectivity index (χ2n) is 6.17. The van der Waals surface area contributed by atoms with E-state index in [1.54, 1.807) is 0 Å². The Morgan fingerprint density at radius 1 is 1.30 bits per heavy atom. The summed E-state index contributed by atoms with van der Waals surface area (Å²) < 4.78 is 0. The quantitative estimate of drug-likeness (QED) is 0.916. The standard InChI is InChI=1S/C16H28N4/c1-13(2)20-11-6-7-14(9-12-20)18-15-8-5-10-17-16(15)19(3)4/h5,8,10,13-14,18H,6-7,9,11-12H2,1-4H3. The van der Waals surface area contributed by atoms with Gasteiger partial charge in [0, 0.05) is 38.9 Å². The van der Waals surface area contributed by atoms with Crippen LogP contribution in [-0.4, -0.2) is 49.2 Å². The van der Waals surface area contributed by atoms with Crippen molar-refractivity contribution in [2.24, 2.45) is 0 Å². The number of nitrogens with one attached hydrogen (secondary N) is 1. The van der Waals surface area contributed by atoms with Crippen LogP contribution in [0.4, 0.5) is 11.5 Å². The molecule has 0 spiro atoms. The van der Waals surface area contributed by atoms with E-state index < -0.39 is 0 Å². The highest BCUT2D eigenvalue weighted by molar-refractivity contribution is 5.65. The Bertz CT molecular complexity index is 417. The van der Waals surface area contributed by atoms with E-state index >= 15 is 0 Å². The minimum Gasteiger partial charge on any atom is -0.379 e. The number of anilines is 2. The summed E-state index contributed by atoms with van der Waals surface area (Å²) in [5, 5.41) is 3.70. The third-order valence-electron chi connectivity index (χ3n) is 4.06. The summed E-state index contributed by atoms with van der Waals surface area (Å²) in [5.41, 5.74) is 1.15. The average Bonchev–Trinajstić information content (AvgIpc) is 2.65. The number of pyridine rings is 1. The van der Waals surface area contributed by atoms with Crippen molar-refractivity contribution in [3.05, 3.63) is 18.3 Å². The van der Waals surface area contributed by atoms with E-state index in [9.17, 15) is 0 Å². The van der Waals surface area contributed by atoms with E-state index in [2.05, 4.69) is 40.0 Å². The summed E-state index contributed by atoms with van der Waals surface area (Å²) >= 11 is 0. The number of rotatable bonds is 4. The Balaban J connectivity index is 2.00. The van der Waals surface area contributed by atoms with Gasteiger partial charge in [0.2, 0.25) is 0 Å². The molecule has 20 heavy (non-hydrogen) atoms. The molecule has 1 atom stereocenters. The lowest BCUT2D eigenvalue weighted by molar-refractivity contribution is 0.230. The number of likely N-dealkylation sites (tertiary alicyclic amines) is 1. The predicted molar refractivity (Wildman–Crippen MR) is 86.5 cm³/mol. The molecule has 1 saturated heterocycles. The van der Waals surface area contributed by atoms with Gasteiger partial charge in [-0.05, 0) is 51.8 Å². The minimum absolute atomic E-state index is 0.557. The van der Waals surface area contributed by atoms with Gasteiger partial charge in [-0.15, -0.1) is 0 Å². The van der Waals surface area contributed by atoms with Crippen molar-refractivity contribution in [1.29, 1.82) is 0 Å². The van der Waals surface area contributed by atoms with Crippen molar-refractivity contribution in [2.45, 2.75) is 45.2 Å². The Hall–Kier alpha value is -1.29. The van der Waals surface area contributed by atoms with Crippen LogP contribution in [0.15, 0.2) is 18.3 Å². The molecule has 1 unspecified atom stereocenters. The van der Waals surface area contributed by atoms with E-state index in [4.69, 9.17) is 0 Å². The smallest absolute Gasteiger partial charge is 0.151 e. The van der Waals surface area contributed by atoms with Crippen LogP contribution in [0, 0.1) is 0 Å². The van der Waals surface area contributed by atoms with E-state index in [-0.39, 0.29) is 0 Å². The lowest BCUT2D eigenvalue weighted by Gasteiger charge is -2.25. The molecule has 1 aliphatic rings. The highest BCUT2D eigenvalue weighted by Gasteiger charge is 2.19. The second kappa shape index (κ2) is 6.93. The molecule has 0 aromatic carbocycles. The van der Waals surface area contributed by atoms with Gasteiger partial charge in [0.05, 0.1) is 5.69 Å². The van der Waals surface area contributed by atoms with Crippen LogP contribution in [0.1, 0.15) is 33.1 Å². The van der Waals surface area contributed by atoms with Crippen molar-refractivity contribution in [3.8, 4) is 0 Å². The van der Waals surface area contributed by atoms with Crippen LogP contribution >= 0.6 is 0 Å². The summed E-state index contributed by atoms with van der Waals surface area (Å²) in [6.45, 7) is 6.99. The van der Waals surface area contributed by atoms with Gasteiger partial charge in [0.15, 0.2) is 5.82 Å². The molecule has 0 radical (unpaired) electrons. The summed E-state index contributed by atoms with van der Waals surface area (Å²) in [6.07, 6.45) is 5.58. The van der Waals surface area contributed by atoms with Crippen LogP contribution in [-0.2, 0) is 0 Å². The molecule has 1 aromatic heterocycles. The second-order valence-corrected chi connectivity index (χ2v) is 6.17. The third-order valence-corrected chi connectivity index (χ3v) is 4.06. The predicted octanol–water partition coefficient (Wildman–Crippen LogP) is 2.82. The summed E-state index contributed by atoms with van der Waals surface area (Å²) in [4.78, 5) is 9.11. The van der Waals surface area contributed by atoms with Crippen LogP contribution < -0.4 is 10.2 Å². The number of hydrogen-bond acceptors (Lipinski definition) is 4. The maximum atomic E-state index is 4.46. The molecule has 4 heteroatoms. The first-order chi connectivity index (χ1) is 9.58. The van der Waals surface area contributed by atoms with Gasteiger partial charge < -0.3 is 15.1 Å². The molecule has 4 nitrogen and oxygen atoms in total. The molecule has 0 aliphatic carbocycles. The van der Waals surface area contributed by atoms with E-state index in [1.807, 2.05) is 26.4 Å². The Morgan fingerprint density at radius 2 is 2.10 bits per heavy atom. The molecule has 0 bridgehead atoms. The highest BCUT2D eigenvalue weighted by atomic mass is 15.2.